The summed E-state index contributed by atoms with van der Waals surface area (Å²) in [6.07, 6.45) is 0. The zero-order valence-electron chi connectivity index (χ0n) is 3.20. The summed E-state index contributed by atoms with van der Waals surface area (Å²) in [5.74, 6) is 0. The largest absolute Gasteiger partial charge is 0 e. The summed E-state index contributed by atoms with van der Waals surface area (Å²) in [7, 11) is -4.64. The Morgan fingerprint density at radius 1 is 1.11 bits per heavy atom. The molecule has 0 aromatic carbocycles. The predicted octanol–water partition coefficient (Wildman–Crippen LogP) is -2.77. The predicted molar refractivity (Wildman–Crippen MR) is 31.4 cm³/mol. The standard InChI is InChI=1S/Al.Li.H3O4P.Ti.Zr.4H/c;;1-5(2,3)4;;;;;;/h;;(H3,1,2,3,4);;;;;;. The summed E-state index contributed by atoms with van der Waals surface area (Å²) in [5.41, 5.74) is 0. The zero-order valence-corrected chi connectivity index (χ0v) is 8.11. The molecule has 0 heterocycles. The van der Waals surface area contributed by atoms with E-state index in [1.165, 1.54) is 0 Å². The fourth-order valence-electron chi connectivity index (χ4n) is 0. The van der Waals surface area contributed by atoms with E-state index in [4.69, 9.17) is 19.2 Å². The van der Waals surface area contributed by atoms with E-state index in [0.717, 1.165) is 0 Å². The van der Waals surface area contributed by atoms with E-state index in [0.29, 0.717) is 0 Å². The van der Waals surface area contributed by atoms with Crippen molar-refractivity contribution in [3.05, 3.63) is 0 Å². The van der Waals surface area contributed by atoms with Crippen LogP contribution < -0.4 is 0 Å². The van der Waals surface area contributed by atoms with Gasteiger partial charge in [0.05, 0.1) is 0 Å². The van der Waals surface area contributed by atoms with E-state index in [2.05, 4.69) is 0 Å². The average Bonchev–Trinajstić information content (AvgIpc) is 0.722. The monoisotopic (exact) mass is 274 g/mol. The molecule has 0 unspecified atom stereocenters. The topological polar surface area (TPSA) is 77.8 Å². The Morgan fingerprint density at radius 3 is 1.11 bits per heavy atom. The maximum atomic E-state index is 8.88. The fourth-order valence-corrected chi connectivity index (χ4v) is 0. The van der Waals surface area contributed by atoms with Crippen LogP contribution in [-0.2, 0) is 52.5 Å². The van der Waals surface area contributed by atoms with Gasteiger partial charge in [0.15, 0.2) is 17.4 Å². The molecule has 0 aromatic heterocycles. The van der Waals surface area contributed by atoms with Gasteiger partial charge < -0.3 is 14.7 Å². The molecule has 3 N–H and O–H groups in total. The average molecular weight is 275 g/mol. The third-order valence-electron chi connectivity index (χ3n) is 0. The van der Waals surface area contributed by atoms with Crippen LogP contribution in [-0.4, -0.2) is 50.9 Å². The molecule has 0 fully saturated rings. The molecule has 0 bridgehead atoms. The Bertz CT molecular complexity index is 66.7. The van der Waals surface area contributed by atoms with E-state index in [-0.39, 0.29) is 84.1 Å². The van der Waals surface area contributed by atoms with E-state index in [1.807, 2.05) is 0 Å². The third kappa shape index (κ3) is 105. The van der Waals surface area contributed by atoms with Crippen molar-refractivity contribution in [3.63, 3.8) is 0 Å². The quantitative estimate of drug-likeness (QED) is 0.330. The van der Waals surface area contributed by atoms with E-state index in [9.17, 15) is 0 Å². The minimum atomic E-state index is -4.64. The van der Waals surface area contributed by atoms with E-state index >= 15 is 0 Å². The van der Waals surface area contributed by atoms with Crippen LogP contribution in [0.3, 0.4) is 0 Å². The molecule has 0 saturated heterocycles. The molecular formula is H7AlLiO4PTiZr. The first-order valence-corrected chi connectivity index (χ1v) is 2.35. The van der Waals surface area contributed by atoms with Crippen molar-refractivity contribution < 1.29 is 67.2 Å². The van der Waals surface area contributed by atoms with Crippen molar-refractivity contribution in [1.82, 2.24) is 0 Å². The third-order valence-corrected chi connectivity index (χ3v) is 0. The van der Waals surface area contributed by atoms with Gasteiger partial charge in [-0.05, 0) is 0 Å². The van der Waals surface area contributed by atoms with Gasteiger partial charge in [0.1, 0.15) is 0 Å². The number of rotatable bonds is 0. The SMILES string of the molecule is O=P(O)(O)O.[AlH3].[LiH].[Ti].[Zr]. The van der Waals surface area contributed by atoms with Gasteiger partial charge in [-0.2, -0.15) is 0 Å². The normalized spacial score (nSPS) is 6.56. The summed E-state index contributed by atoms with van der Waals surface area (Å²) in [4.78, 5) is 21.6. The second-order valence-corrected chi connectivity index (χ2v) is 1.54. The molecular weight excluding hydrogens is 268 g/mol. The van der Waals surface area contributed by atoms with Gasteiger partial charge in [-0.1, -0.05) is 0 Å². The minimum absolute atomic E-state index is 0. The molecule has 0 rings (SSSR count). The molecule has 0 aromatic rings. The molecule has 9 heteroatoms. The maximum absolute atomic E-state index is 8.88. The van der Waals surface area contributed by atoms with Crippen molar-refractivity contribution >= 4 is 44.0 Å². The van der Waals surface area contributed by atoms with Crippen molar-refractivity contribution in [3.8, 4) is 0 Å². The van der Waals surface area contributed by atoms with Crippen LogP contribution in [0, 0.1) is 0 Å². The molecule has 0 aliphatic rings. The number of hydrogen-bond donors (Lipinski definition) is 3. The molecule has 0 aliphatic carbocycles. The Hall–Kier alpha value is 2.84. The summed E-state index contributed by atoms with van der Waals surface area (Å²) >= 11 is 0. The van der Waals surface area contributed by atoms with Crippen molar-refractivity contribution in [2.75, 3.05) is 0 Å². The molecule has 4 nitrogen and oxygen atoms in total. The first-order valence-electron chi connectivity index (χ1n) is 0.783. The Balaban J connectivity index is -0.0000000133. The van der Waals surface area contributed by atoms with Gasteiger partial charge in [-0.15, -0.1) is 0 Å². The number of hydrogen-bond acceptors (Lipinski definition) is 1. The molecule has 0 amide bonds. The van der Waals surface area contributed by atoms with Gasteiger partial charge in [0.2, 0.25) is 0 Å². The van der Waals surface area contributed by atoms with Crippen LogP contribution in [0.5, 0.6) is 0 Å². The number of phosphoric acid groups is 1. The molecule has 0 saturated carbocycles. The molecule has 0 aliphatic heterocycles. The Labute approximate surface area is 110 Å². The van der Waals surface area contributed by atoms with Gasteiger partial charge in [0, 0.05) is 47.9 Å². The van der Waals surface area contributed by atoms with Crippen molar-refractivity contribution in [2.45, 2.75) is 0 Å². The van der Waals surface area contributed by atoms with Crippen LogP contribution >= 0.6 is 7.82 Å². The first kappa shape index (κ1) is 29.7. The Morgan fingerprint density at radius 2 is 1.11 bits per heavy atom. The fraction of sp³-hybridized carbons (Fsp3) is 0. The van der Waals surface area contributed by atoms with E-state index in [1.54, 1.807) is 0 Å². The molecule has 0 radical (unpaired) electrons. The van der Waals surface area contributed by atoms with E-state index < -0.39 is 7.82 Å². The molecule has 9 heavy (non-hydrogen) atoms. The summed E-state index contributed by atoms with van der Waals surface area (Å²) in [6, 6.07) is 0. The summed E-state index contributed by atoms with van der Waals surface area (Å²) < 4.78 is 8.88. The maximum Gasteiger partial charge on any atom is 0 e. The van der Waals surface area contributed by atoms with Crippen LogP contribution in [0.4, 0.5) is 0 Å². The van der Waals surface area contributed by atoms with Gasteiger partial charge in [-0.25, -0.2) is 4.57 Å². The van der Waals surface area contributed by atoms with Gasteiger partial charge >= 0.3 is 26.7 Å². The minimum Gasteiger partial charge on any atom is 0 e. The van der Waals surface area contributed by atoms with Crippen LogP contribution in [0.1, 0.15) is 0 Å². The first-order chi connectivity index (χ1) is 2.00. The van der Waals surface area contributed by atoms with Crippen LogP contribution in [0.25, 0.3) is 0 Å². The second kappa shape index (κ2) is 13.4. The second-order valence-electron chi connectivity index (χ2n) is 0.513. The van der Waals surface area contributed by atoms with Gasteiger partial charge in [0.25, 0.3) is 0 Å². The summed E-state index contributed by atoms with van der Waals surface area (Å²) in [5, 5.41) is 0. The van der Waals surface area contributed by atoms with Crippen molar-refractivity contribution in [2.24, 2.45) is 0 Å². The van der Waals surface area contributed by atoms with Crippen molar-refractivity contribution in [1.29, 1.82) is 0 Å². The van der Waals surface area contributed by atoms with Crippen LogP contribution in [0.15, 0.2) is 0 Å². The van der Waals surface area contributed by atoms with Crippen LogP contribution in [0.2, 0.25) is 0 Å². The zero-order chi connectivity index (χ0) is 4.50. The molecule has 48 valence electrons. The smallest absolute Gasteiger partial charge is 0 e. The molecule has 0 atom stereocenters. The summed E-state index contributed by atoms with van der Waals surface area (Å²) in [6.45, 7) is 0. The Kier molecular flexibility index (Phi) is 44.4. The molecule has 0 spiro atoms. The van der Waals surface area contributed by atoms with Gasteiger partial charge in [-0.3, -0.25) is 0 Å².